The molecule has 5 rings (SSSR count). The van der Waals surface area contributed by atoms with E-state index in [1.54, 1.807) is 7.11 Å². The molecular weight excluding hydrogens is 386 g/mol. The molecule has 3 fully saturated rings. The van der Waals surface area contributed by atoms with Crippen LogP contribution >= 0.6 is 0 Å². The molecule has 0 unspecified atom stereocenters. The third kappa shape index (κ3) is 3.41. The molecule has 31 heavy (non-hydrogen) atoms. The minimum Gasteiger partial charge on any atom is -0.382 e. The molecule has 0 aromatic heterocycles. The Morgan fingerprint density at radius 3 is 2.48 bits per heavy atom. The van der Waals surface area contributed by atoms with E-state index in [1.807, 2.05) is 24.3 Å². The quantitative estimate of drug-likeness (QED) is 0.673. The minimum absolute atomic E-state index is 0.111. The van der Waals surface area contributed by atoms with Crippen molar-refractivity contribution in [2.45, 2.75) is 63.3 Å². The molecule has 2 aromatic carbocycles. The number of fused-ring (bicyclic) bond motifs is 2. The number of methoxy groups -OCH3 is 1. The lowest BCUT2D eigenvalue weighted by atomic mass is 9.58. The molecule has 4 nitrogen and oxygen atoms in total. The zero-order valence-electron chi connectivity index (χ0n) is 18.6. The Bertz CT molecular complexity index is 917. The van der Waals surface area contributed by atoms with E-state index in [1.165, 1.54) is 12.0 Å². The standard InChI is InChI=1S/C27H33NO3/c1-26-18-22-15-9-10-16-27(22,17-20-11-5-3-6-12-20)25(29)28(26)23(19-30-2)24(31-26)21-13-7-4-8-14-21/h3-8,11-14,22-24H,9-10,15-19H2,1-2H3/t22-,23-,24-,26+,27+/m0/s1. The number of carbonyl (C=O) groups excluding carboxylic acids is 1. The Morgan fingerprint density at radius 1 is 1.06 bits per heavy atom. The summed E-state index contributed by atoms with van der Waals surface area (Å²) in [6, 6.07) is 20.8. The maximum absolute atomic E-state index is 14.4. The van der Waals surface area contributed by atoms with Crippen molar-refractivity contribution >= 4 is 5.91 Å². The second-order valence-corrected chi connectivity index (χ2v) is 9.79. The summed E-state index contributed by atoms with van der Waals surface area (Å²) in [5.74, 6) is 0.628. The van der Waals surface area contributed by atoms with Crippen molar-refractivity contribution in [1.29, 1.82) is 0 Å². The van der Waals surface area contributed by atoms with Gasteiger partial charge in [0.15, 0.2) is 0 Å². The Morgan fingerprint density at radius 2 is 1.77 bits per heavy atom. The van der Waals surface area contributed by atoms with Gasteiger partial charge in [0.1, 0.15) is 11.8 Å². The van der Waals surface area contributed by atoms with Crippen molar-refractivity contribution in [3.05, 3.63) is 71.8 Å². The van der Waals surface area contributed by atoms with Gasteiger partial charge in [-0.1, -0.05) is 73.5 Å². The van der Waals surface area contributed by atoms with Gasteiger partial charge in [-0.15, -0.1) is 0 Å². The van der Waals surface area contributed by atoms with Gasteiger partial charge >= 0.3 is 0 Å². The maximum Gasteiger partial charge on any atom is 0.232 e. The predicted octanol–water partition coefficient (Wildman–Crippen LogP) is 5.14. The number of piperidine rings is 1. The predicted molar refractivity (Wildman–Crippen MR) is 120 cm³/mol. The zero-order chi connectivity index (χ0) is 21.5. The first kappa shape index (κ1) is 20.7. The van der Waals surface area contributed by atoms with Crippen LogP contribution in [0.1, 0.15) is 56.3 Å². The van der Waals surface area contributed by atoms with E-state index in [0.717, 1.165) is 37.7 Å². The summed E-state index contributed by atoms with van der Waals surface area (Å²) in [4.78, 5) is 16.5. The second kappa shape index (κ2) is 8.07. The average molecular weight is 420 g/mol. The summed E-state index contributed by atoms with van der Waals surface area (Å²) >= 11 is 0. The van der Waals surface area contributed by atoms with Gasteiger partial charge in [0.05, 0.1) is 18.1 Å². The highest BCUT2D eigenvalue weighted by Crippen LogP contribution is 2.58. The monoisotopic (exact) mass is 419 g/mol. The van der Waals surface area contributed by atoms with Crippen LogP contribution in [0, 0.1) is 11.3 Å². The van der Waals surface area contributed by atoms with Gasteiger partial charge in [0, 0.05) is 7.11 Å². The fraction of sp³-hybridized carbons (Fsp3) is 0.519. The van der Waals surface area contributed by atoms with Gasteiger partial charge in [-0.25, -0.2) is 0 Å². The fourth-order valence-electron chi connectivity index (χ4n) is 6.53. The van der Waals surface area contributed by atoms with E-state index in [2.05, 4.69) is 48.2 Å². The van der Waals surface area contributed by atoms with Crippen molar-refractivity contribution in [2.24, 2.45) is 11.3 Å². The Labute approximate surface area is 185 Å². The van der Waals surface area contributed by atoms with E-state index in [0.29, 0.717) is 12.5 Å². The summed E-state index contributed by atoms with van der Waals surface area (Å²) in [6.07, 6.45) is 5.95. The molecule has 5 atom stereocenters. The zero-order valence-corrected chi connectivity index (χ0v) is 18.6. The molecule has 1 saturated carbocycles. The fourth-order valence-corrected chi connectivity index (χ4v) is 6.53. The summed E-state index contributed by atoms with van der Waals surface area (Å²) in [5, 5.41) is 0. The summed E-state index contributed by atoms with van der Waals surface area (Å²) in [7, 11) is 1.72. The number of rotatable bonds is 5. The first-order valence-electron chi connectivity index (χ1n) is 11.7. The SMILES string of the molecule is COC[C@H]1[C@H](c2ccccc2)O[C@]2(C)C[C@@H]3CCCC[C@]3(Cc3ccccc3)C(=O)N12. The van der Waals surface area contributed by atoms with Gasteiger partial charge in [-0.05, 0) is 49.7 Å². The number of ether oxygens (including phenoxy) is 2. The summed E-state index contributed by atoms with van der Waals surface area (Å²) < 4.78 is 12.4. The highest BCUT2D eigenvalue weighted by molar-refractivity contribution is 5.86. The van der Waals surface area contributed by atoms with Gasteiger partial charge in [0.2, 0.25) is 5.91 Å². The van der Waals surface area contributed by atoms with Crippen LogP contribution in [-0.2, 0) is 20.7 Å². The molecule has 0 bridgehead atoms. The van der Waals surface area contributed by atoms with Crippen molar-refractivity contribution in [1.82, 2.24) is 4.90 Å². The Balaban J connectivity index is 1.55. The van der Waals surface area contributed by atoms with Crippen LogP contribution in [0.15, 0.2) is 60.7 Å². The number of nitrogens with zero attached hydrogens (tertiary/aromatic N) is 1. The van der Waals surface area contributed by atoms with Gasteiger partial charge < -0.3 is 14.4 Å². The minimum atomic E-state index is -0.580. The van der Waals surface area contributed by atoms with Crippen LogP contribution in [-0.4, -0.2) is 36.3 Å². The molecule has 2 heterocycles. The topological polar surface area (TPSA) is 38.8 Å². The lowest BCUT2D eigenvalue weighted by Crippen LogP contribution is -2.64. The largest absolute Gasteiger partial charge is 0.382 e. The Kier molecular flexibility index (Phi) is 5.39. The van der Waals surface area contributed by atoms with Crippen LogP contribution < -0.4 is 0 Å². The lowest BCUT2D eigenvalue weighted by Gasteiger charge is -2.55. The van der Waals surface area contributed by atoms with E-state index < -0.39 is 5.72 Å². The number of carbonyl (C=O) groups is 1. The molecule has 0 radical (unpaired) electrons. The van der Waals surface area contributed by atoms with Crippen molar-refractivity contribution < 1.29 is 14.3 Å². The highest BCUT2D eigenvalue weighted by atomic mass is 16.6. The number of amides is 1. The average Bonchev–Trinajstić information content (AvgIpc) is 3.08. The molecule has 164 valence electrons. The molecule has 1 amide bonds. The first-order chi connectivity index (χ1) is 15.1. The van der Waals surface area contributed by atoms with Gasteiger partial charge in [-0.2, -0.15) is 0 Å². The van der Waals surface area contributed by atoms with Crippen LogP contribution in [0.5, 0.6) is 0 Å². The van der Waals surface area contributed by atoms with Crippen molar-refractivity contribution in [3.63, 3.8) is 0 Å². The molecule has 2 aromatic rings. The van der Waals surface area contributed by atoms with E-state index >= 15 is 0 Å². The number of benzene rings is 2. The highest BCUT2D eigenvalue weighted by Gasteiger charge is 2.64. The number of hydrogen-bond donors (Lipinski definition) is 0. The normalized spacial score (nSPS) is 35.0. The lowest BCUT2D eigenvalue weighted by molar-refractivity contribution is -0.192. The molecule has 3 aliphatic rings. The molecule has 2 saturated heterocycles. The molecular formula is C27H33NO3. The first-order valence-corrected chi connectivity index (χ1v) is 11.7. The molecule has 0 spiro atoms. The third-order valence-corrected chi connectivity index (χ3v) is 7.88. The van der Waals surface area contributed by atoms with Gasteiger partial charge in [0.25, 0.3) is 0 Å². The Hall–Kier alpha value is -2.17. The maximum atomic E-state index is 14.4. The van der Waals surface area contributed by atoms with Crippen molar-refractivity contribution in [2.75, 3.05) is 13.7 Å². The smallest absolute Gasteiger partial charge is 0.232 e. The van der Waals surface area contributed by atoms with E-state index in [4.69, 9.17) is 9.47 Å². The van der Waals surface area contributed by atoms with E-state index in [-0.39, 0.29) is 23.5 Å². The third-order valence-electron chi connectivity index (χ3n) is 7.88. The van der Waals surface area contributed by atoms with Crippen molar-refractivity contribution in [3.8, 4) is 0 Å². The summed E-state index contributed by atoms with van der Waals surface area (Å²) in [5.41, 5.74) is 1.46. The second-order valence-electron chi connectivity index (χ2n) is 9.79. The van der Waals surface area contributed by atoms with Crippen LogP contribution in [0.2, 0.25) is 0 Å². The molecule has 2 aliphatic heterocycles. The molecule has 4 heteroatoms. The van der Waals surface area contributed by atoms with Gasteiger partial charge in [-0.3, -0.25) is 4.79 Å². The van der Waals surface area contributed by atoms with Crippen LogP contribution in [0.3, 0.4) is 0 Å². The molecule has 0 N–H and O–H groups in total. The van der Waals surface area contributed by atoms with Crippen LogP contribution in [0.25, 0.3) is 0 Å². The number of hydrogen-bond acceptors (Lipinski definition) is 3. The summed E-state index contributed by atoms with van der Waals surface area (Å²) in [6.45, 7) is 2.60. The van der Waals surface area contributed by atoms with Crippen LogP contribution in [0.4, 0.5) is 0 Å². The molecule has 1 aliphatic carbocycles. The van der Waals surface area contributed by atoms with E-state index in [9.17, 15) is 4.79 Å².